The molecule has 0 spiro atoms. The molecule has 2 rings (SSSR count). The van der Waals surface area contributed by atoms with Gasteiger partial charge in [-0.2, -0.15) is 0 Å². The van der Waals surface area contributed by atoms with E-state index in [2.05, 4.69) is 22.1 Å². The van der Waals surface area contributed by atoms with Crippen molar-refractivity contribution in [2.45, 2.75) is 32.2 Å². The Morgan fingerprint density at radius 2 is 2.50 bits per heavy atom. The quantitative estimate of drug-likeness (QED) is 0.827. The van der Waals surface area contributed by atoms with Gasteiger partial charge in [-0.05, 0) is 25.5 Å². The Bertz CT molecular complexity index is 464. The summed E-state index contributed by atoms with van der Waals surface area (Å²) in [4.78, 5) is 18.0. The average molecular weight is 276 g/mol. The number of carbonyl (C=O) groups is 1. The first-order valence-electron chi connectivity index (χ1n) is 7.12. The lowest BCUT2D eigenvalue weighted by atomic mass is 9.97. The SMILES string of the molecule is C[CH]C(C(=O)O)c1cccnc1N1CC[C@@H](NCC)C1. The summed E-state index contributed by atoms with van der Waals surface area (Å²) in [6.45, 7) is 6.63. The highest BCUT2D eigenvalue weighted by atomic mass is 16.4. The molecule has 5 heteroatoms. The molecule has 0 bridgehead atoms. The summed E-state index contributed by atoms with van der Waals surface area (Å²) in [6, 6.07) is 4.13. The van der Waals surface area contributed by atoms with Crippen LogP contribution in [0.4, 0.5) is 5.82 Å². The van der Waals surface area contributed by atoms with E-state index in [1.807, 2.05) is 6.07 Å². The maximum atomic E-state index is 11.4. The van der Waals surface area contributed by atoms with Gasteiger partial charge in [0, 0.05) is 30.9 Å². The molecule has 1 saturated heterocycles. The molecule has 2 atom stereocenters. The van der Waals surface area contributed by atoms with E-state index in [9.17, 15) is 9.90 Å². The molecule has 1 unspecified atom stereocenters. The Balaban J connectivity index is 2.22. The topological polar surface area (TPSA) is 65.5 Å². The second-order valence-corrected chi connectivity index (χ2v) is 5.05. The highest BCUT2D eigenvalue weighted by Gasteiger charge is 2.28. The number of rotatable bonds is 6. The molecule has 0 aromatic carbocycles. The minimum Gasteiger partial charge on any atom is -0.481 e. The lowest BCUT2D eigenvalue weighted by Gasteiger charge is -2.23. The van der Waals surface area contributed by atoms with Crippen LogP contribution in [0.3, 0.4) is 0 Å². The fraction of sp³-hybridized carbons (Fsp3) is 0.533. The van der Waals surface area contributed by atoms with Gasteiger partial charge in [-0.15, -0.1) is 0 Å². The van der Waals surface area contributed by atoms with Gasteiger partial charge in [-0.1, -0.05) is 19.9 Å². The van der Waals surface area contributed by atoms with Gasteiger partial charge in [0.25, 0.3) is 0 Å². The molecule has 1 aromatic heterocycles. The molecule has 0 saturated carbocycles. The van der Waals surface area contributed by atoms with E-state index in [0.29, 0.717) is 6.04 Å². The largest absolute Gasteiger partial charge is 0.481 e. The Hall–Kier alpha value is -1.62. The average Bonchev–Trinajstić information content (AvgIpc) is 2.89. The molecule has 2 heterocycles. The minimum absolute atomic E-state index is 0.462. The summed E-state index contributed by atoms with van der Waals surface area (Å²) in [6.07, 6.45) is 4.51. The number of hydrogen-bond acceptors (Lipinski definition) is 4. The molecule has 1 aromatic rings. The third-order valence-electron chi connectivity index (χ3n) is 3.73. The normalized spacial score (nSPS) is 20.1. The predicted molar refractivity (Wildman–Crippen MR) is 78.9 cm³/mol. The van der Waals surface area contributed by atoms with Crippen molar-refractivity contribution in [2.24, 2.45) is 0 Å². The summed E-state index contributed by atoms with van der Waals surface area (Å²) in [5.74, 6) is -0.625. The number of aromatic nitrogens is 1. The number of hydrogen-bond donors (Lipinski definition) is 2. The Morgan fingerprint density at radius 3 is 3.15 bits per heavy atom. The molecule has 0 aliphatic carbocycles. The zero-order valence-corrected chi connectivity index (χ0v) is 12.0. The van der Waals surface area contributed by atoms with Gasteiger partial charge in [-0.25, -0.2) is 4.98 Å². The third-order valence-corrected chi connectivity index (χ3v) is 3.73. The lowest BCUT2D eigenvalue weighted by molar-refractivity contribution is -0.137. The number of pyridine rings is 1. The zero-order chi connectivity index (χ0) is 14.5. The van der Waals surface area contributed by atoms with Crippen LogP contribution in [-0.2, 0) is 4.79 Å². The van der Waals surface area contributed by atoms with E-state index >= 15 is 0 Å². The molecule has 1 fully saturated rings. The van der Waals surface area contributed by atoms with Crippen LogP contribution in [0.25, 0.3) is 0 Å². The van der Waals surface area contributed by atoms with Crippen LogP contribution in [0.2, 0.25) is 0 Å². The second kappa shape index (κ2) is 6.70. The van der Waals surface area contributed by atoms with Crippen LogP contribution in [0.5, 0.6) is 0 Å². The van der Waals surface area contributed by atoms with Crippen molar-refractivity contribution in [2.75, 3.05) is 24.5 Å². The van der Waals surface area contributed by atoms with Crippen molar-refractivity contribution < 1.29 is 9.90 Å². The fourth-order valence-corrected chi connectivity index (χ4v) is 2.78. The number of aliphatic carboxylic acids is 1. The summed E-state index contributed by atoms with van der Waals surface area (Å²) >= 11 is 0. The van der Waals surface area contributed by atoms with Crippen molar-refractivity contribution in [1.29, 1.82) is 0 Å². The monoisotopic (exact) mass is 276 g/mol. The number of likely N-dealkylation sites (N-methyl/N-ethyl adjacent to an activating group) is 1. The molecule has 0 amide bonds. The Labute approximate surface area is 120 Å². The van der Waals surface area contributed by atoms with E-state index in [1.54, 1.807) is 25.6 Å². The molecule has 20 heavy (non-hydrogen) atoms. The van der Waals surface area contributed by atoms with Crippen LogP contribution in [-0.4, -0.2) is 41.7 Å². The molecule has 1 aliphatic rings. The molecule has 2 N–H and O–H groups in total. The number of nitrogens with one attached hydrogen (secondary N) is 1. The van der Waals surface area contributed by atoms with Crippen LogP contribution < -0.4 is 10.2 Å². The van der Waals surface area contributed by atoms with Gasteiger partial charge < -0.3 is 15.3 Å². The van der Waals surface area contributed by atoms with Gasteiger partial charge in [0.05, 0.1) is 5.92 Å². The molecular weight excluding hydrogens is 254 g/mol. The van der Waals surface area contributed by atoms with E-state index in [4.69, 9.17) is 0 Å². The van der Waals surface area contributed by atoms with Crippen molar-refractivity contribution in [1.82, 2.24) is 10.3 Å². The van der Waals surface area contributed by atoms with E-state index < -0.39 is 11.9 Å². The van der Waals surface area contributed by atoms with E-state index in [1.165, 1.54) is 0 Å². The van der Waals surface area contributed by atoms with E-state index in [-0.39, 0.29) is 0 Å². The van der Waals surface area contributed by atoms with E-state index in [0.717, 1.165) is 37.4 Å². The first-order valence-corrected chi connectivity index (χ1v) is 7.12. The molecule has 5 nitrogen and oxygen atoms in total. The predicted octanol–water partition coefficient (Wildman–Crippen LogP) is 1.66. The van der Waals surface area contributed by atoms with Gasteiger partial charge in [-0.3, -0.25) is 4.79 Å². The number of carboxylic acids is 1. The van der Waals surface area contributed by atoms with Crippen LogP contribution >= 0.6 is 0 Å². The lowest BCUT2D eigenvalue weighted by Crippen LogP contribution is -2.33. The van der Waals surface area contributed by atoms with Gasteiger partial charge in [0.15, 0.2) is 0 Å². The molecule has 1 radical (unpaired) electrons. The maximum absolute atomic E-state index is 11.4. The van der Waals surface area contributed by atoms with Crippen molar-refractivity contribution in [3.05, 3.63) is 30.3 Å². The van der Waals surface area contributed by atoms with Crippen molar-refractivity contribution in [3.8, 4) is 0 Å². The van der Waals surface area contributed by atoms with Crippen LogP contribution in [0, 0.1) is 6.42 Å². The summed E-state index contributed by atoms with van der Waals surface area (Å²) in [5.41, 5.74) is 0.777. The van der Waals surface area contributed by atoms with Crippen LogP contribution in [0.15, 0.2) is 18.3 Å². The number of carboxylic acid groups (broad SMARTS) is 1. The smallest absolute Gasteiger partial charge is 0.311 e. The standard InChI is InChI=1S/C15H22N3O2/c1-3-12(15(19)20)13-6-5-8-17-14(13)18-9-7-11(10-18)16-4-2/h3,5-6,8,11-12,16H,4,7,9-10H2,1-2H3,(H,19,20)/t11-,12?/m1/s1. The van der Waals surface area contributed by atoms with Gasteiger partial charge in [0.1, 0.15) is 5.82 Å². The maximum Gasteiger partial charge on any atom is 0.311 e. The van der Waals surface area contributed by atoms with Gasteiger partial charge in [0.2, 0.25) is 0 Å². The minimum atomic E-state index is -0.829. The first kappa shape index (κ1) is 14.8. The Morgan fingerprint density at radius 1 is 1.70 bits per heavy atom. The highest BCUT2D eigenvalue weighted by molar-refractivity contribution is 5.80. The van der Waals surface area contributed by atoms with Crippen LogP contribution in [0.1, 0.15) is 31.7 Å². The molecule has 1 aliphatic heterocycles. The Kier molecular flexibility index (Phi) is 4.95. The number of nitrogens with zero attached hydrogens (tertiary/aromatic N) is 2. The molecular formula is C15H22N3O2. The summed E-state index contributed by atoms with van der Waals surface area (Å²) < 4.78 is 0. The second-order valence-electron chi connectivity index (χ2n) is 5.05. The first-order chi connectivity index (χ1) is 9.67. The highest BCUT2D eigenvalue weighted by Crippen LogP contribution is 2.29. The third kappa shape index (κ3) is 3.10. The molecule has 109 valence electrons. The zero-order valence-electron chi connectivity index (χ0n) is 12.0. The summed E-state index contributed by atoms with van der Waals surface area (Å²) in [5, 5.41) is 12.8. The number of anilines is 1. The van der Waals surface area contributed by atoms with Gasteiger partial charge >= 0.3 is 5.97 Å². The van der Waals surface area contributed by atoms with Crippen molar-refractivity contribution >= 4 is 11.8 Å². The van der Waals surface area contributed by atoms with Crippen molar-refractivity contribution in [3.63, 3.8) is 0 Å². The summed E-state index contributed by atoms with van der Waals surface area (Å²) in [7, 11) is 0. The fourth-order valence-electron chi connectivity index (χ4n) is 2.78.